The van der Waals surface area contributed by atoms with Crippen molar-refractivity contribution in [3.05, 3.63) is 99.4 Å². The highest BCUT2D eigenvalue weighted by molar-refractivity contribution is 7.14. The number of benzene rings is 3. The first kappa shape index (κ1) is 23.1. The standard InChI is InChI=1S/C26H24N4O3S/c1-26(2,3)20-9-12-22(13-10-20)33-24-14-11-21(30(31)32)15-19(24)16-27-29-25-28-23(17-34-25)18-7-5-4-6-8-18/h4-17H,1-3H3,(H,28,29). The summed E-state index contributed by atoms with van der Waals surface area (Å²) in [6.45, 7) is 6.43. The minimum atomic E-state index is -0.445. The lowest BCUT2D eigenvalue weighted by atomic mass is 9.87. The second kappa shape index (κ2) is 9.84. The SMILES string of the molecule is CC(C)(C)c1ccc(Oc2ccc([N+](=O)[O-])cc2C=NNc2nc(-c3ccccc3)cs2)cc1. The number of nitrogens with zero attached hydrogens (tertiary/aromatic N) is 3. The van der Waals surface area contributed by atoms with E-state index < -0.39 is 4.92 Å². The molecule has 0 aliphatic heterocycles. The number of aromatic nitrogens is 1. The van der Waals surface area contributed by atoms with E-state index in [9.17, 15) is 10.1 Å². The van der Waals surface area contributed by atoms with E-state index in [0.29, 0.717) is 22.2 Å². The van der Waals surface area contributed by atoms with Gasteiger partial charge in [-0.05, 0) is 29.2 Å². The summed E-state index contributed by atoms with van der Waals surface area (Å²) in [6.07, 6.45) is 1.50. The second-order valence-electron chi connectivity index (χ2n) is 8.63. The van der Waals surface area contributed by atoms with Crippen molar-refractivity contribution < 1.29 is 9.66 Å². The Bertz CT molecular complexity index is 1310. The van der Waals surface area contributed by atoms with Crippen molar-refractivity contribution in [2.45, 2.75) is 26.2 Å². The zero-order chi connectivity index (χ0) is 24.1. The third-order valence-corrected chi connectivity index (χ3v) is 5.84. The molecular formula is C26H24N4O3S. The number of hydrazone groups is 1. The van der Waals surface area contributed by atoms with Gasteiger partial charge in [0.05, 0.1) is 16.8 Å². The highest BCUT2D eigenvalue weighted by Gasteiger charge is 2.15. The molecule has 0 radical (unpaired) electrons. The number of non-ortho nitro benzene ring substituents is 1. The Morgan fingerprint density at radius 2 is 1.79 bits per heavy atom. The molecule has 0 aliphatic rings. The molecule has 3 aromatic carbocycles. The minimum absolute atomic E-state index is 0.0333. The van der Waals surface area contributed by atoms with Crippen molar-refractivity contribution in [2.75, 3.05) is 5.43 Å². The number of hydrogen-bond donors (Lipinski definition) is 1. The summed E-state index contributed by atoms with van der Waals surface area (Å²) in [5, 5.41) is 18.1. The van der Waals surface area contributed by atoms with Gasteiger partial charge in [0.15, 0.2) is 0 Å². The first-order chi connectivity index (χ1) is 16.3. The van der Waals surface area contributed by atoms with Crippen LogP contribution in [0.4, 0.5) is 10.8 Å². The molecule has 0 bridgehead atoms. The number of nitro benzene ring substituents is 1. The lowest BCUT2D eigenvalue weighted by Crippen LogP contribution is -2.10. The van der Waals surface area contributed by atoms with Gasteiger partial charge in [0.25, 0.3) is 5.69 Å². The van der Waals surface area contributed by atoms with Gasteiger partial charge < -0.3 is 4.74 Å². The van der Waals surface area contributed by atoms with Gasteiger partial charge in [-0.25, -0.2) is 4.98 Å². The summed E-state index contributed by atoms with van der Waals surface area (Å²) in [6, 6.07) is 22.1. The van der Waals surface area contributed by atoms with E-state index in [1.165, 1.54) is 35.2 Å². The Kier molecular flexibility index (Phi) is 6.70. The molecule has 7 nitrogen and oxygen atoms in total. The average Bonchev–Trinajstić information content (AvgIpc) is 3.29. The molecule has 34 heavy (non-hydrogen) atoms. The maximum Gasteiger partial charge on any atom is 0.270 e. The molecule has 4 aromatic rings. The highest BCUT2D eigenvalue weighted by Crippen LogP contribution is 2.30. The van der Waals surface area contributed by atoms with Crippen LogP contribution in [0, 0.1) is 10.1 Å². The maximum absolute atomic E-state index is 11.3. The number of nitro groups is 1. The van der Waals surface area contributed by atoms with Crippen molar-refractivity contribution in [3.63, 3.8) is 0 Å². The van der Waals surface area contributed by atoms with Crippen LogP contribution in [0.1, 0.15) is 31.9 Å². The van der Waals surface area contributed by atoms with E-state index in [2.05, 4.69) is 36.3 Å². The monoisotopic (exact) mass is 472 g/mol. The molecule has 0 atom stereocenters. The number of nitrogens with one attached hydrogen (secondary N) is 1. The summed E-state index contributed by atoms with van der Waals surface area (Å²) < 4.78 is 6.02. The fourth-order valence-corrected chi connectivity index (χ4v) is 3.89. The van der Waals surface area contributed by atoms with Gasteiger partial charge in [0.1, 0.15) is 11.5 Å². The van der Waals surface area contributed by atoms with Crippen molar-refractivity contribution in [1.82, 2.24) is 4.98 Å². The summed E-state index contributed by atoms with van der Waals surface area (Å²) in [7, 11) is 0. The summed E-state index contributed by atoms with van der Waals surface area (Å²) in [5.41, 5.74) is 6.41. The molecule has 0 amide bonds. The molecule has 0 unspecified atom stereocenters. The summed E-state index contributed by atoms with van der Waals surface area (Å²) >= 11 is 1.42. The van der Waals surface area contributed by atoms with Crippen LogP contribution in [-0.2, 0) is 5.41 Å². The number of anilines is 1. The van der Waals surface area contributed by atoms with Crippen LogP contribution in [-0.4, -0.2) is 16.1 Å². The van der Waals surface area contributed by atoms with Gasteiger partial charge in [-0.2, -0.15) is 5.10 Å². The summed E-state index contributed by atoms with van der Waals surface area (Å²) in [4.78, 5) is 15.4. The molecule has 0 aliphatic carbocycles. The van der Waals surface area contributed by atoms with E-state index >= 15 is 0 Å². The zero-order valence-corrected chi connectivity index (χ0v) is 19.9. The largest absolute Gasteiger partial charge is 0.457 e. The Labute approximate surface area is 201 Å². The molecule has 4 rings (SSSR count). The van der Waals surface area contributed by atoms with Crippen molar-refractivity contribution >= 4 is 28.4 Å². The number of rotatable bonds is 7. The van der Waals surface area contributed by atoms with E-state index in [4.69, 9.17) is 4.74 Å². The maximum atomic E-state index is 11.3. The van der Waals surface area contributed by atoms with Crippen molar-refractivity contribution in [1.29, 1.82) is 0 Å². The minimum Gasteiger partial charge on any atom is -0.457 e. The van der Waals surface area contributed by atoms with Crippen LogP contribution in [0.15, 0.2) is 83.3 Å². The molecule has 1 heterocycles. The Hall–Kier alpha value is -4.04. The average molecular weight is 473 g/mol. The van der Waals surface area contributed by atoms with E-state index in [1.807, 2.05) is 60.0 Å². The predicted molar refractivity (Wildman–Crippen MR) is 137 cm³/mol. The Balaban J connectivity index is 1.53. The van der Waals surface area contributed by atoms with Crippen molar-refractivity contribution in [2.24, 2.45) is 5.10 Å². The lowest BCUT2D eigenvalue weighted by Gasteiger charge is -2.19. The third-order valence-electron chi connectivity index (χ3n) is 5.09. The molecule has 0 saturated carbocycles. The topological polar surface area (TPSA) is 89.7 Å². The van der Waals surface area contributed by atoms with Crippen LogP contribution < -0.4 is 10.2 Å². The van der Waals surface area contributed by atoms with E-state index in [0.717, 1.165) is 11.3 Å². The van der Waals surface area contributed by atoms with E-state index in [-0.39, 0.29) is 11.1 Å². The van der Waals surface area contributed by atoms with Gasteiger partial charge in [-0.3, -0.25) is 15.5 Å². The smallest absolute Gasteiger partial charge is 0.270 e. The Morgan fingerprint density at radius 3 is 2.47 bits per heavy atom. The molecule has 0 fully saturated rings. The van der Waals surface area contributed by atoms with E-state index in [1.54, 1.807) is 6.07 Å². The van der Waals surface area contributed by atoms with Crippen LogP contribution in [0.5, 0.6) is 11.5 Å². The fraction of sp³-hybridized carbons (Fsp3) is 0.154. The quantitative estimate of drug-likeness (QED) is 0.174. The molecule has 172 valence electrons. The number of ether oxygens (including phenoxy) is 1. The first-order valence-corrected chi connectivity index (χ1v) is 11.5. The van der Waals surface area contributed by atoms with Crippen LogP contribution in [0.2, 0.25) is 0 Å². The molecule has 8 heteroatoms. The predicted octanol–water partition coefficient (Wildman–Crippen LogP) is 7.25. The number of hydrogen-bond acceptors (Lipinski definition) is 7. The second-order valence-corrected chi connectivity index (χ2v) is 9.49. The molecule has 1 N–H and O–H groups in total. The first-order valence-electron chi connectivity index (χ1n) is 10.7. The van der Waals surface area contributed by atoms with Gasteiger partial charge in [0, 0.05) is 28.6 Å². The normalized spacial score (nSPS) is 11.5. The molecule has 0 spiro atoms. The zero-order valence-electron chi connectivity index (χ0n) is 19.1. The molecule has 0 saturated heterocycles. The van der Waals surface area contributed by atoms with Gasteiger partial charge in [0.2, 0.25) is 5.13 Å². The molecular weight excluding hydrogens is 448 g/mol. The van der Waals surface area contributed by atoms with Gasteiger partial charge in [-0.1, -0.05) is 63.2 Å². The highest BCUT2D eigenvalue weighted by atomic mass is 32.1. The van der Waals surface area contributed by atoms with Gasteiger partial charge in [-0.15, -0.1) is 11.3 Å². The lowest BCUT2D eigenvalue weighted by molar-refractivity contribution is -0.384. The molecule has 1 aromatic heterocycles. The van der Waals surface area contributed by atoms with Crippen molar-refractivity contribution in [3.8, 4) is 22.8 Å². The third kappa shape index (κ3) is 5.65. The summed E-state index contributed by atoms with van der Waals surface area (Å²) in [5.74, 6) is 1.10. The fourth-order valence-electron chi connectivity index (χ4n) is 3.22. The van der Waals surface area contributed by atoms with Gasteiger partial charge >= 0.3 is 0 Å². The van der Waals surface area contributed by atoms with Crippen LogP contribution >= 0.6 is 11.3 Å². The number of thiazole rings is 1. The van der Waals surface area contributed by atoms with Crippen LogP contribution in [0.25, 0.3) is 11.3 Å². The Morgan fingerprint density at radius 1 is 1.06 bits per heavy atom. The van der Waals surface area contributed by atoms with Crippen LogP contribution in [0.3, 0.4) is 0 Å².